The number of halogens is 1. The van der Waals surface area contributed by atoms with Crippen LogP contribution in [-0.4, -0.2) is 29.4 Å². The SMILES string of the molecule is COC(=O)c1ccc(C(O)C(O)CC#N)cc1Cl. The lowest BCUT2D eigenvalue weighted by Crippen LogP contribution is -2.17. The Hall–Kier alpha value is -1.61. The molecule has 0 saturated heterocycles. The molecule has 2 N–H and O–H groups in total. The fourth-order valence-electron chi connectivity index (χ4n) is 1.42. The van der Waals surface area contributed by atoms with E-state index in [0.29, 0.717) is 5.56 Å². The zero-order chi connectivity index (χ0) is 13.7. The van der Waals surface area contributed by atoms with Crippen LogP contribution in [0.3, 0.4) is 0 Å². The van der Waals surface area contributed by atoms with Crippen molar-refractivity contribution in [2.24, 2.45) is 0 Å². The van der Waals surface area contributed by atoms with E-state index in [1.165, 1.54) is 25.3 Å². The van der Waals surface area contributed by atoms with E-state index in [2.05, 4.69) is 4.74 Å². The quantitative estimate of drug-likeness (QED) is 0.807. The molecule has 0 bridgehead atoms. The molecule has 0 saturated carbocycles. The molecule has 1 aromatic rings. The van der Waals surface area contributed by atoms with Crippen molar-refractivity contribution in [2.75, 3.05) is 7.11 Å². The molecule has 0 aliphatic rings. The smallest absolute Gasteiger partial charge is 0.339 e. The fraction of sp³-hybridized carbons (Fsp3) is 0.333. The van der Waals surface area contributed by atoms with E-state index in [-0.39, 0.29) is 17.0 Å². The van der Waals surface area contributed by atoms with Crippen LogP contribution in [0.2, 0.25) is 5.02 Å². The number of esters is 1. The van der Waals surface area contributed by atoms with E-state index in [4.69, 9.17) is 16.9 Å². The number of methoxy groups -OCH3 is 1. The van der Waals surface area contributed by atoms with Crippen molar-refractivity contribution >= 4 is 17.6 Å². The van der Waals surface area contributed by atoms with Crippen molar-refractivity contribution in [1.29, 1.82) is 5.26 Å². The number of rotatable bonds is 4. The molecule has 6 heteroatoms. The summed E-state index contributed by atoms with van der Waals surface area (Å²) < 4.78 is 4.53. The Morgan fingerprint density at radius 1 is 1.56 bits per heavy atom. The molecule has 0 aromatic heterocycles. The lowest BCUT2D eigenvalue weighted by molar-refractivity contribution is 0.0216. The molecule has 0 aliphatic heterocycles. The molecule has 2 unspecified atom stereocenters. The molecule has 0 fully saturated rings. The van der Waals surface area contributed by atoms with Gasteiger partial charge in [-0.3, -0.25) is 0 Å². The van der Waals surface area contributed by atoms with Gasteiger partial charge in [-0.1, -0.05) is 17.7 Å². The van der Waals surface area contributed by atoms with Crippen molar-refractivity contribution in [1.82, 2.24) is 0 Å². The summed E-state index contributed by atoms with van der Waals surface area (Å²) in [4.78, 5) is 11.3. The average molecular weight is 270 g/mol. The molecule has 0 spiro atoms. The predicted molar refractivity (Wildman–Crippen MR) is 64.0 cm³/mol. The monoisotopic (exact) mass is 269 g/mol. The third-order valence-electron chi connectivity index (χ3n) is 2.40. The maximum atomic E-state index is 11.3. The van der Waals surface area contributed by atoms with Gasteiger partial charge in [-0.25, -0.2) is 4.79 Å². The van der Waals surface area contributed by atoms with Crippen LogP contribution < -0.4 is 0 Å². The van der Waals surface area contributed by atoms with E-state index in [1.807, 2.05) is 0 Å². The standard InChI is InChI=1S/C12H12ClNO4/c1-18-12(17)8-3-2-7(6-9(8)13)11(16)10(15)4-5-14/h2-3,6,10-11,15-16H,4H2,1H3. The number of carbonyl (C=O) groups excluding carboxylic acids is 1. The highest BCUT2D eigenvalue weighted by molar-refractivity contribution is 6.33. The first-order chi connectivity index (χ1) is 8.51. The lowest BCUT2D eigenvalue weighted by atomic mass is 10.0. The molecule has 2 atom stereocenters. The second-order valence-electron chi connectivity index (χ2n) is 3.61. The Morgan fingerprint density at radius 3 is 2.72 bits per heavy atom. The van der Waals surface area contributed by atoms with Crippen LogP contribution in [0.4, 0.5) is 0 Å². The summed E-state index contributed by atoms with van der Waals surface area (Å²) in [5, 5.41) is 27.8. The van der Waals surface area contributed by atoms with Crippen molar-refractivity contribution < 1.29 is 19.7 Å². The highest BCUT2D eigenvalue weighted by atomic mass is 35.5. The van der Waals surface area contributed by atoms with Crippen LogP contribution in [0.1, 0.15) is 28.4 Å². The van der Waals surface area contributed by atoms with Gasteiger partial charge >= 0.3 is 5.97 Å². The van der Waals surface area contributed by atoms with Gasteiger partial charge in [-0.2, -0.15) is 5.26 Å². The summed E-state index contributed by atoms with van der Waals surface area (Å²) in [7, 11) is 1.23. The van der Waals surface area contributed by atoms with E-state index in [1.54, 1.807) is 6.07 Å². The van der Waals surface area contributed by atoms with Gasteiger partial charge in [0, 0.05) is 0 Å². The molecule has 5 nitrogen and oxygen atoms in total. The Morgan fingerprint density at radius 2 is 2.22 bits per heavy atom. The minimum atomic E-state index is -1.23. The van der Waals surface area contributed by atoms with Gasteiger partial charge in [0.2, 0.25) is 0 Å². The number of nitriles is 1. The molecule has 0 aliphatic carbocycles. The Labute approximate surface area is 109 Å². The van der Waals surface area contributed by atoms with E-state index < -0.39 is 18.2 Å². The molecular weight excluding hydrogens is 258 g/mol. The molecule has 0 amide bonds. The van der Waals surface area contributed by atoms with Crippen molar-refractivity contribution in [3.8, 4) is 6.07 Å². The molecule has 1 rings (SSSR count). The molecule has 0 heterocycles. The summed E-state index contributed by atoms with van der Waals surface area (Å²) in [5.74, 6) is -0.585. The summed E-state index contributed by atoms with van der Waals surface area (Å²) in [6, 6.07) is 5.96. The summed E-state index contributed by atoms with van der Waals surface area (Å²) in [6.45, 7) is 0. The second-order valence-corrected chi connectivity index (χ2v) is 4.01. The fourth-order valence-corrected chi connectivity index (χ4v) is 1.68. The Balaban J connectivity index is 2.97. The van der Waals surface area contributed by atoms with E-state index >= 15 is 0 Å². The Bertz CT molecular complexity index is 483. The number of aliphatic hydroxyl groups excluding tert-OH is 2. The lowest BCUT2D eigenvalue weighted by Gasteiger charge is -2.16. The number of benzene rings is 1. The minimum Gasteiger partial charge on any atom is -0.465 e. The third-order valence-corrected chi connectivity index (χ3v) is 2.72. The van der Waals surface area contributed by atoms with Crippen LogP contribution in [0.25, 0.3) is 0 Å². The van der Waals surface area contributed by atoms with Gasteiger partial charge in [0.05, 0.1) is 36.3 Å². The second kappa shape index (κ2) is 6.36. The van der Waals surface area contributed by atoms with E-state index in [0.717, 1.165) is 0 Å². The van der Waals surface area contributed by atoms with Crippen LogP contribution in [0, 0.1) is 11.3 Å². The first kappa shape index (κ1) is 14.5. The summed E-state index contributed by atoms with van der Waals surface area (Å²) >= 11 is 5.87. The molecule has 18 heavy (non-hydrogen) atoms. The molecule has 0 radical (unpaired) electrons. The summed E-state index contributed by atoms with van der Waals surface area (Å²) in [6.07, 6.45) is -2.62. The highest BCUT2D eigenvalue weighted by Gasteiger charge is 2.20. The largest absolute Gasteiger partial charge is 0.465 e. The molecule has 96 valence electrons. The average Bonchev–Trinajstić information content (AvgIpc) is 2.37. The van der Waals surface area contributed by atoms with Gasteiger partial charge < -0.3 is 14.9 Å². The number of ether oxygens (including phenoxy) is 1. The van der Waals surface area contributed by atoms with Crippen LogP contribution >= 0.6 is 11.6 Å². The first-order valence-electron chi connectivity index (χ1n) is 5.12. The van der Waals surface area contributed by atoms with Gasteiger partial charge in [0.25, 0.3) is 0 Å². The van der Waals surface area contributed by atoms with Gasteiger partial charge in [-0.15, -0.1) is 0 Å². The van der Waals surface area contributed by atoms with Gasteiger partial charge in [0.1, 0.15) is 6.10 Å². The normalized spacial score (nSPS) is 13.5. The van der Waals surface area contributed by atoms with Crippen LogP contribution in [0.15, 0.2) is 18.2 Å². The zero-order valence-electron chi connectivity index (χ0n) is 9.63. The maximum Gasteiger partial charge on any atom is 0.339 e. The zero-order valence-corrected chi connectivity index (χ0v) is 10.4. The number of hydrogen-bond acceptors (Lipinski definition) is 5. The predicted octanol–water partition coefficient (Wildman–Crippen LogP) is 1.43. The topological polar surface area (TPSA) is 90.6 Å². The summed E-state index contributed by atoms with van der Waals surface area (Å²) in [5.41, 5.74) is 0.500. The minimum absolute atomic E-state index is 0.113. The number of aliphatic hydroxyl groups is 2. The van der Waals surface area contributed by atoms with Crippen LogP contribution in [0.5, 0.6) is 0 Å². The Kier molecular flexibility index (Phi) is 5.10. The number of nitrogens with zero attached hydrogens (tertiary/aromatic N) is 1. The van der Waals surface area contributed by atoms with Crippen LogP contribution in [-0.2, 0) is 4.74 Å². The van der Waals surface area contributed by atoms with Crippen molar-refractivity contribution in [3.05, 3.63) is 34.3 Å². The number of carbonyl (C=O) groups is 1. The molecule has 1 aromatic carbocycles. The van der Waals surface area contributed by atoms with Crippen molar-refractivity contribution in [3.63, 3.8) is 0 Å². The van der Waals surface area contributed by atoms with E-state index in [9.17, 15) is 15.0 Å². The van der Waals surface area contributed by atoms with Crippen molar-refractivity contribution in [2.45, 2.75) is 18.6 Å². The highest BCUT2D eigenvalue weighted by Crippen LogP contribution is 2.25. The molecular formula is C12H12ClNO4. The maximum absolute atomic E-state index is 11.3. The van der Waals surface area contributed by atoms with Gasteiger partial charge in [0.15, 0.2) is 0 Å². The van der Waals surface area contributed by atoms with Gasteiger partial charge in [-0.05, 0) is 17.7 Å². The number of hydrogen-bond donors (Lipinski definition) is 2. The first-order valence-corrected chi connectivity index (χ1v) is 5.50. The third kappa shape index (κ3) is 3.20.